The molecule has 0 aliphatic carbocycles. The van der Waals surface area contributed by atoms with E-state index in [-0.39, 0.29) is 30.5 Å². The van der Waals surface area contributed by atoms with Crippen molar-refractivity contribution in [2.45, 2.75) is 31.7 Å². The van der Waals surface area contributed by atoms with E-state index in [1.807, 2.05) is 6.07 Å². The lowest BCUT2D eigenvalue weighted by atomic mass is 10.1. The second kappa shape index (κ2) is 7.02. The molecular formula is C16H19NO4. The third-order valence-electron chi connectivity index (χ3n) is 3.71. The van der Waals surface area contributed by atoms with Crippen LogP contribution < -0.4 is 0 Å². The van der Waals surface area contributed by atoms with Crippen molar-refractivity contribution in [1.82, 2.24) is 4.90 Å². The first-order chi connectivity index (χ1) is 10.1. The van der Waals surface area contributed by atoms with Gasteiger partial charge in [-0.25, -0.2) is 4.79 Å². The van der Waals surface area contributed by atoms with E-state index < -0.39 is 6.04 Å². The third kappa shape index (κ3) is 3.68. The van der Waals surface area contributed by atoms with Crippen LogP contribution in [0.2, 0.25) is 0 Å². The lowest BCUT2D eigenvalue weighted by Crippen LogP contribution is -2.41. The molecule has 1 aliphatic rings. The van der Waals surface area contributed by atoms with Crippen LogP contribution in [0.1, 0.15) is 36.0 Å². The van der Waals surface area contributed by atoms with Crippen LogP contribution in [0.25, 0.3) is 0 Å². The Morgan fingerprint density at radius 2 is 1.90 bits per heavy atom. The smallest absolute Gasteiger partial charge is 0.328 e. The molecule has 1 aromatic rings. The summed E-state index contributed by atoms with van der Waals surface area (Å²) in [7, 11) is 1.32. The van der Waals surface area contributed by atoms with Crippen molar-refractivity contribution in [3.63, 3.8) is 0 Å². The quantitative estimate of drug-likeness (QED) is 0.612. The lowest BCUT2D eigenvalue weighted by Gasteiger charge is -2.22. The highest BCUT2D eigenvalue weighted by atomic mass is 16.5. The highest BCUT2D eigenvalue weighted by Crippen LogP contribution is 2.20. The van der Waals surface area contributed by atoms with Crippen molar-refractivity contribution in [2.75, 3.05) is 13.7 Å². The number of ether oxygens (including phenoxy) is 1. The Kier molecular flexibility index (Phi) is 5.09. The molecule has 1 atom stereocenters. The van der Waals surface area contributed by atoms with E-state index in [0.29, 0.717) is 18.5 Å². The maximum absolute atomic E-state index is 12.2. The van der Waals surface area contributed by atoms with Gasteiger partial charge in [-0.1, -0.05) is 30.3 Å². The minimum Gasteiger partial charge on any atom is -0.467 e. The van der Waals surface area contributed by atoms with Gasteiger partial charge in [0.2, 0.25) is 5.91 Å². The number of rotatable bonds is 5. The third-order valence-corrected chi connectivity index (χ3v) is 3.71. The fourth-order valence-corrected chi connectivity index (χ4v) is 2.58. The maximum atomic E-state index is 12.2. The van der Waals surface area contributed by atoms with Gasteiger partial charge in [-0.2, -0.15) is 0 Å². The number of hydrogen-bond donors (Lipinski definition) is 0. The second-order valence-corrected chi connectivity index (χ2v) is 5.06. The molecule has 0 N–H and O–H groups in total. The molecule has 0 radical (unpaired) electrons. The number of hydrogen-bond acceptors (Lipinski definition) is 4. The van der Waals surface area contributed by atoms with Crippen molar-refractivity contribution >= 4 is 17.7 Å². The molecule has 1 fully saturated rings. The van der Waals surface area contributed by atoms with Gasteiger partial charge in [0, 0.05) is 24.9 Å². The summed E-state index contributed by atoms with van der Waals surface area (Å²) in [6.07, 6.45) is 1.71. The highest BCUT2D eigenvalue weighted by Gasteiger charge is 2.34. The maximum Gasteiger partial charge on any atom is 0.328 e. The summed E-state index contributed by atoms with van der Waals surface area (Å²) in [5.74, 6) is -0.597. The molecule has 1 amide bonds. The van der Waals surface area contributed by atoms with Crippen molar-refractivity contribution in [1.29, 1.82) is 0 Å². The first-order valence-corrected chi connectivity index (χ1v) is 7.09. The number of esters is 1. The van der Waals surface area contributed by atoms with Crippen LogP contribution in [-0.2, 0) is 14.3 Å². The van der Waals surface area contributed by atoms with Crippen LogP contribution in [0.5, 0.6) is 0 Å². The number of carbonyl (C=O) groups excluding carboxylic acids is 3. The molecule has 5 nitrogen and oxygen atoms in total. The van der Waals surface area contributed by atoms with E-state index in [0.717, 1.165) is 6.42 Å². The molecule has 1 aromatic carbocycles. The van der Waals surface area contributed by atoms with E-state index in [1.165, 1.54) is 12.0 Å². The second-order valence-electron chi connectivity index (χ2n) is 5.06. The number of nitrogens with zero attached hydrogens (tertiary/aromatic N) is 1. The van der Waals surface area contributed by atoms with Crippen LogP contribution in [0.4, 0.5) is 0 Å². The number of amides is 1. The fraction of sp³-hybridized carbons (Fsp3) is 0.438. The summed E-state index contributed by atoms with van der Waals surface area (Å²) < 4.78 is 4.71. The zero-order valence-corrected chi connectivity index (χ0v) is 12.1. The predicted molar refractivity (Wildman–Crippen MR) is 76.8 cm³/mol. The molecular weight excluding hydrogens is 270 g/mol. The van der Waals surface area contributed by atoms with Gasteiger partial charge in [0.25, 0.3) is 0 Å². The number of methoxy groups -OCH3 is 1. The standard InChI is InChI=1S/C16H19NO4/c1-21-16(20)13-8-5-11-17(13)15(19)10-9-14(18)12-6-3-2-4-7-12/h2-4,6-7,13H,5,8-11H2,1H3. The van der Waals surface area contributed by atoms with Crippen LogP contribution in [0.3, 0.4) is 0 Å². The van der Waals surface area contributed by atoms with Crippen LogP contribution in [-0.4, -0.2) is 42.3 Å². The lowest BCUT2D eigenvalue weighted by molar-refractivity contribution is -0.150. The molecule has 2 rings (SSSR count). The SMILES string of the molecule is COC(=O)C1CCCN1C(=O)CCC(=O)c1ccccc1. The molecule has 0 aromatic heterocycles. The van der Waals surface area contributed by atoms with Crippen LogP contribution in [0, 0.1) is 0 Å². The van der Waals surface area contributed by atoms with Gasteiger partial charge in [-0.3, -0.25) is 9.59 Å². The molecule has 0 bridgehead atoms. The monoisotopic (exact) mass is 289 g/mol. The van der Waals surface area contributed by atoms with Crippen molar-refractivity contribution < 1.29 is 19.1 Å². The summed E-state index contributed by atoms with van der Waals surface area (Å²) in [4.78, 5) is 37.3. The van der Waals surface area contributed by atoms with Crippen LogP contribution >= 0.6 is 0 Å². The normalized spacial score (nSPS) is 17.6. The number of benzene rings is 1. The number of ketones is 1. The average Bonchev–Trinajstić information content (AvgIpc) is 3.02. The van der Waals surface area contributed by atoms with E-state index >= 15 is 0 Å². The van der Waals surface area contributed by atoms with Gasteiger partial charge < -0.3 is 9.64 Å². The van der Waals surface area contributed by atoms with E-state index in [4.69, 9.17) is 4.74 Å². The average molecular weight is 289 g/mol. The minimum absolute atomic E-state index is 0.0576. The van der Waals surface area contributed by atoms with Gasteiger partial charge in [0.05, 0.1) is 7.11 Å². The van der Waals surface area contributed by atoms with Gasteiger partial charge >= 0.3 is 5.97 Å². The van der Waals surface area contributed by atoms with E-state index in [9.17, 15) is 14.4 Å². The Morgan fingerprint density at radius 1 is 1.19 bits per heavy atom. The summed E-state index contributed by atoms with van der Waals surface area (Å²) in [5.41, 5.74) is 0.608. The first kappa shape index (κ1) is 15.2. The Hall–Kier alpha value is -2.17. The molecule has 1 saturated heterocycles. The number of Topliss-reactive ketones (excluding diaryl/α,β-unsaturated/α-hetero) is 1. The van der Waals surface area contributed by atoms with Crippen molar-refractivity contribution in [2.24, 2.45) is 0 Å². The van der Waals surface area contributed by atoms with Gasteiger partial charge in [0.15, 0.2) is 5.78 Å². The fourth-order valence-electron chi connectivity index (χ4n) is 2.58. The molecule has 1 heterocycles. The number of carbonyl (C=O) groups is 3. The molecule has 112 valence electrons. The summed E-state index contributed by atoms with van der Waals surface area (Å²) >= 11 is 0. The summed E-state index contributed by atoms with van der Waals surface area (Å²) in [5, 5.41) is 0. The molecule has 21 heavy (non-hydrogen) atoms. The Labute approximate surface area is 123 Å². The van der Waals surface area contributed by atoms with Crippen molar-refractivity contribution in [3.05, 3.63) is 35.9 Å². The van der Waals surface area contributed by atoms with Gasteiger partial charge in [-0.15, -0.1) is 0 Å². The topological polar surface area (TPSA) is 63.7 Å². The number of likely N-dealkylation sites (tertiary alicyclic amines) is 1. The molecule has 0 spiro atoms. The van der Waals surface area contributed by atoms with Gasteiger partial charge in [0.1, 0.15) is 6.04 Å². The Bertz CT molecular complexity index is 526. The molecule has 5 heteroatoms. The zero-order valence-electron chi connectivity index (χ0n) is 12.1. The first-order valence-electron chi connectivity index (χ1n) is 7.09. The molecule has 1 unspecified atom stereocenters. The minimum atomic E-state index is -0.491. The molecule has 1 aliphatic heterocycles. The van der Waals surface area contributed by atoms with Crippen LogP contribution in [0.15, 0.2) is 30.3 Å². The summed E-state index contributed by atoms with van der Waals surface area (Å²) in [6, 6.07) is 8.41. The predicted octanol–water partition coefficient (Wildman–Crippen LogP) is 1.81. The van der Waals surface area contributed by atoms with E-state index in [1.54, 1.807) is 24.3 Å². The summed E-state index contributed by atoms with van der Waals surface area (Å²) in [6.45, 7) is 0.554. The largest absolute Gasteiger partial charge is 0.467 e. The molecule has 0 saturated carbocycles. The van der Waals surface area contributed by atoms with E-state index in [2.05, 4.69) is 0 Å². The highest BCUT2D eigenvalue weighted by molar-refractivity contribution is 5.98. The van der Waals surface area contributed by atoms with Gasteiger partial charge in [-0.05, 0) is 12.8 Å². The Morgan fingerprint density at radius 3 is 2.57 bits per heavy atom. The van der Waals surface area contributed by atoms with Crippen molar-refractivity contribution in [3.8, 4) is 0 Å². The zero-order chi connectivity index (χ0) is 15.2. The Balaban J connectivity index is 1.90.